The molecule has 0 radical (unpaired) electrons. The maximum atomic E-state index is 13.0. The zero-order valence-electron chi connectivity index (χ0n) is 14.5. The van der Waals surface area contributed by atoms with E-state index in [1.165, 1.54) is 0 Å². The monoisotopic (exact) mass is 330 g/mol. The summed E-state index contributed by atoms with van der Waals surface area (Å²) in [5.74, 6) is 0.643. The predicted octanol–water partition coefficient (Wildman–Crippen LogP) is 2.18. The van der Waals surface area contributed by atoms with Gasteiger partial charge in [0.25, 0.3) is 5.91 Å². The van der Waals surface area contributed by atoms with Gasteiger partial charge in [-0.3, -0.25) is 9.59 Å². The Kier molecular flexibility index (Phi) is 5.19. The van der Waals surface area contributed by atoms with Crippen LogP contribution in [0.3, 0.4) is 0 Å². The molecule has 1 aromatic rings. The first kappa shape index (κ1) is 17.0. The average Bonchev–Trinajstić information content (AvgIpc) is 3.10. The SMILES string of the molecule is CC(C)C[C@@H]1C(=O)NCCN1C(=O)c1cccc([C@H]2CCOC2)c1. The first-order valence-corrected chi connectivity index (χ1v) is 8.82. The Morgan fingerprint density at radius 1 is 1.42 bits per heavy atom. The van der Waals surface area contributed by atoms with E-state index < -0.39 is 0 Å². The Bertz CT molecular complexity index is 608. The summed E-state index contributed by atoms with van der Waals surface area (Å²) >= 11 is 0. The summed E-state index contributed by atoms with van der Waals surface area (Å²) in [5, 5.41) is 2.88. The minimum atomic E-state index is -0.371. The first-order valence-electron chi connectivity index (χ1n) is 8.82. The van der Waals surface area contributed by atoms with Gasteiger partial charge in [-0.05, 0) is 36.5 Å². The van der Waals surface area contributed by atoms with E-state index in [0.717, 1.165) is 25.2 Å². The van der Waals surface area contributed by atoms with E-state index in [4.69, 9.17) is 4.74 Å². The van der Waals surface area contributed by atoms with Crippen molar-refractivity contribution in [2.75, 3.05) is 26.3 Å². The molecule has 3 rings (SSSR count). The van der Waals surface area contributed by atoms with Gasteiger partial charge in [-0.2, -0.15) is 0 Å². The maximum Gasteiger partial charge on any atom is 0.254 e. The second kappa shape index (κ2) is 7.34. The summed E-state index contributed by atoms with van der Waals surface area (Å²) in [6.45, 7) is 6.75. The second-order valence-electron chi connectivity index (χ2n) is 7.12. The molecule has 0 bridgehead atoms. The molecule has 2 fully saturated rings. The minimum absolute atomic E-state index is 0.0383. The number of nitrogens with one attached hydrogen (secondary N) is 1. The van der Waals surface area contributed by atoms with Gasteiger partial charge in [0.05, 0.1) is 6.61 Å². The summed E-state index contributed by atoms with van der Waals surface area (Å²) in [6.07, 6.45) is 1.69. The van der Waals surface area contributed by atoms with Crippen molar-refractivity contribution in [2.45, 2.75) is 38.6 Å². The molecule has 0 unspecified atom stereocenters. The van der Waals surface area contributed by atoms with Crippen molar-refractivity contribution in [2.24, 2.45) is 5.92 Å². The van der Waals surface area contributed by atoms with Crippen LogP contribution >= 0.6 is 0 Å². The van der Waals surface area contributed by atoms with E-state index in [1.54, 1.807) is 4.90 Å². The predicted molar refractivity (Wildman–Crippen MR) is 91.9 cm³/mol. The smallest absolute Gasteiger partial charge is 0.254 e. The second-order valence-corrected chi connectivity index (χ2v) is 7.12. The molecule has 130 valence electrons. The summed E-state index contributed by atoms with van der Waals surface area (Å²) in [6, 6.07) is 7.44. The molecule has 24 heavy (non-hydrogen) atoms. The number of amides is 2. The van der Waals surface area contributed by atoms with Crippen molar-refractivity contribution in [3.8, 4) is 0 Å². The first-order chi connectivity index (χ1) is 11.6. The average molecular weight is 330 g/mol. The normalized spacial score (nSPS) is 24.3. The fourth-order valence-electron chi connectivity index (χ4n) is 3.53. The van der Waals surface area contributed by atoms with Crippen LogP contribution in [0.15, 0.2) is 24.3 Å². The summed E-state index contributed by atoms with van der Waals surface area (Å²) in [4.78, 5) is 27.0. The van der Waals surface area contributed by atoms with E-state index in [-0.39, 0.29) is 17.9 Å². The van der Waals surface area contributed by atoms with E-state index >= 15 is 0 Å². The minimum Gasteiger partial charge on any atom is -0.381 e. The molecule has 0 aliphatic carbocycles. The largest absolute Gasteiger partial charge is 0.381 e. The molecule has 2 aliphatic heterocycles. The third-order valence-electron chi connectivity index (χ3n) is 4.82. The molecule has 5 heteroatoms. The summed E-state index contributed by atoms with van der Waals surface area (Å²) in [5.41, 5.74) is 1.82. The van der Waals surface area contributed by atoms with Gasteiger partial charge in [0, 0.05) is 31.2 Å². The van der Waals surface area contributed by atoms with Gasteiger partial charge < -0.3 is 15.0 Å². The molecule has 0 spiro atoms. The van der Waals surface area contributed by atoms with Crippen LogP contribution in [0, 0.1) is 5.92 Å². The number of hydrogen-bond acceptors (Lipinski definition) is 3. The van der Waals surface area contributed by atoms with Crippen molar-refractivity contribution in [3.63, 3.8) is 0 Å². The van der Waals surface area contributed by atoms with Gasteiger partial charge in [-0.15, -0.1) is 0 Å². The molecular weight excluding hydrogens is 304 g/mol. The Labute approximate surface area is 143 Å². The van der Waals surface area contributed by atoms with Crippen LogP contribution in [0.1, 0.15) is 48.5 Å². The van der Waals surface area contributed by atoms with Crippen molar-refractivity contribution in [1.29, 1.82) is 0 Å². The van der Waals surface area contributed by atoms with Crippen LogP contribution in [-0.2, 0) is 9.53 Å². The Balaban J connectivity index is 1.81. The van der Waals surface area contributed by atoms with Crippen LogP contribution in [0.25, 0.3) is 0 Å². The van der Waals surface area contributed by atoms with Crippen molar-refractivity contribution < 1.29 is 14.3 Å². The van der Waals surface area contributed by atoms with Crippen LogP contribution < -0.4 is 5.32 Å². The maximum absolute atomic E-state index is 13.0. The number of benzene rings is 1. The number of rotatable bonds is 4. The lowest BCUT2D eigenvalue weighted by atomic mass is 9.95. The zero-order valence-corrected chi connectivity index (χ0v) is 14.5. The molecule has 1 aromatic carbocycles. The standard InChI is InChI=1S/C19H26N2O3/c1-13(2)10-17-18(22)20-7-8-21(17)19(23)15-5-3-4-14(11-15)16-6-9-24-12-16/h3-5,11,13,16-17H,6-10,12H2,1-2H3,(H,20,22)/t16-,17+/m0/s1. The Morgan fingerprint density at radius 3 is 2.96 bits per heavy atom. The number of nitrogens with zero attached hydrogens (tertiary/aromatic N) is 1. The highest BCUT2D eigenvalue weighted by molar-refractivity contribution is 5.98. The molecule has 0 aromatic heterocycles. The number of piperazine rings is 1. The topological polar surface area (TPSA) is 58.6 Å². The van der Waals surface area contributed by atoms with E-state index in [2.05, 4.69) is 25.2 Å². The van der Waals surface area contributed by atoms with E-state index in [9.17, 15) is 9.59 Å². The molecule has 0 saturated carbocycles. The van der Waals surface area contributed by atoms with Crippen LogP contribution in [-0.4, -0.2) is 49.1 Å². The van der Waals surface area contributed by atoms with Crippen LogP contribution in [0.2, 0.25) is 0 Å². The van der Waals surface area contributed by atoms with Crippen LogP contribution in [0.4, 0.5) is 0 Å². The fourth-order valence-corrected chi connectivity index (χ4v) is 3.53. The quantitative estimate of drug-likeness (QED) is 0.920. The van der Waals surface area contributed by atoms with Gasteiger partial charge >= 0.3 is 0 Å². The number of hydrogen-bond donors (Lipinski definition) is 1. The van der Waals surface area contributed by atoms with Crippen molar-refractivity contribution in [3.05, 3.63) is 35.4 Å². The third kappa shape index (κ3) is 3.61. The van der Waals surface area contributed by atoms with Crippen molar-refractivity contribution >= 4 is 11.8 Å². The highest BCUT2D eigenvalue weighted by Crippen LogP contribution is 2.26. The lowest BCUT2D eigenvalue weighted by Gasteiger charge is -2.36. The molecule has 2 aliphatic rings. The zero-order chi connectivity index (χ0) is 17.1. The third-order valence-corrected chi connectivity index (χ3v) is 4.82. The highest BCUT2D eigenvalue weighted by Gasteiger charge is 2.34. The number of carbonyl (C=O) groups excluding carboxylic acids is 2. The number of carbonyl (C=O) groups is 2. The van der Waals surface area contributed by atoms with Crippen molar-refractivity contribution in [1.82, 2.24) is 10.2 Å². The molecular formula is C19H26N2O3. The molecule has 2 atom stereocenters. The summed E-state index contributed by atoms with van der Waals surface area (Å²) < 4.78 is 5.45. The van der Waals surface area contributed by atoms with Gasteiger partial charge in [0.2, 0.25) is 5.91 Å². The Hall–Kier alpha value is -1.88. The highest BCUT2D eigenvalue weighted by atomic mass is 16.5. The lowest BCUT2D eigenvalue weighted by molar-refractivity contribution is -0.128. The van der Waals surface area contributed by atoms with Crippen LogP contribution in [0.5, 0.6) is 0 Å². The lowest BCUT2D eigenvalue weighted by Crippen LogP contribution is -2.57. The molecule has 2 heterocycles. The van der Waals surface area contributed by atoms with Gasteiger partial charge in [0.1, 0.15) is 6.04 Å². The molecule has 1 N–H and O–H groups in total. The summed E-state index contributed by atoms with van der Waals surface area (Å²) in [7, 11) is 0. The Morgan fingerprint density at radius 2 is 2.25 bits per heavy atom. The van der Waals surface area contributed by atoms with Gasteiger partial charge in [-0.25, -0.2) is 0 Å². The fraction of sp³-hybridized carbons (Fsp3) is 0.579. The molecule has 2 amide bonds. The molecule has 2 saturated heterocycles. The number of ether oxygens (including phenoxy) is 1. The van der Waals surface area contributed by atoms with E-state index in [0.29, 0.717) is 36.9 Å². The van der Waals surface area contributed by atoms with E-state index in [1.807, 2.05) is 18.2 Å². The molecule has 5 nitrogen and oxygen atoms in total. The van der Waals surface area contributed by atoms with Gasteiger partial charge in [0.15, 0.2) is 0 Å². The van der Waals surface area contributed by atoms with Gasteiger partial charge in [-0.1, -0.05) is 26.0 Å².